The van der Waals surface area contributed by atoms with Gasteiger partial charge < -0.3 is 15.1 Å². The molecule has 0 spiro atoms. The molecule has 15 heavy (non-hydrogen) atoms. The van der Waals surface area contributed by atoms with E-state index >= 15 is 0 Å². The fourth-order valence-corrected chi connectivity index (χ4v) is 1.87. The fourth-order valence-electron chi connectivity index (χ4n) is 1.87. The minimum Gasteiger partial charge on any atom is -0.444 e. The summed E-state index contributed by atoms with van der Waals surface area (Å²) < 4.78 is 5.51. The minimum absolute atomic E-state index is 0.561. The first-order valence-corrected chi connectivity index (χ1v) is 5.62. The van der Waals surface area contributed by atoms with Gasteiger partial charge in [0.2, 0.25) is 5.89 Å². The Morgan fingerprint density at radius 2 is 2.40 bits per heavy atom. The molecule has 4 nitrogen and oxygen atoms in total. The highest BCUT2D eigenvalue weighted by Crippen LogP contribution is 2.09. The smallest absolute Gasteiger partial charge is 0.208 e. The fraction of sp³-hybridized carbons (Fsp3) is 0.727. The number of hydrogen-bond donors (Lipinski definition) is 2. The highest BCUT2D eigenvalue weighted by atomic mass is 16.4. The maximum absolute atomic E-state index is 5.51. The van der Waals surface area contributed by atoms with E-state index in [9.17, 15) is 0 Å². The Balaban J connectivity index is 1.81. The molecule has 1 fully saturated rings. The van der Waals surface area contributed by atoms with Gasteiger partial charge >= 0.3 is 0 Å². The van der Waals surface area contributed by atoms with Crippen LogP contribution in [0.2, 0.25) is 0 Å². The van der Waals surface area contributed by atoms with Crippen molar-refractivity contribution in [2.45, 2.75) is 39.3 Å². The first-order chi connectivity index (χ1) is 7.25. The van der Waals surface area contributed by atoms with Gasteiger partial charge in [-0.1, -0.05) is 0 Å². The first kappa shape index (κ1) is 10.6. The number of piperidine rings is 1. The van der Waals surface area contributed by atoms with Gasteiger partial charge in [0.15, 0.2) is 0 Å². The molecular weight excluding hydrogens is 190 g/mol. The molecule has 1 aliphatic heterocycles. The Morgan fingerprint density at radius 1 is 1.53 bits per heavy atom. The van der Waals surface area contributed by atoms with E-state index in [-0.39, 0.29) is 0 Å². The molecule has 0 saturated carbocycles. The molecule has 1 atom stereocenters. The second-order valence-corrected chi connectivity index (χ2v) is 4.17. The van der Waals surface area contributed by atoms with E-state index in [1.807, 2.05) is 13.8 Å². The maximum atomic E-state index is 5.51. The number of aryl methyl sites for hydroxylation is 2. The van der Waals surface area contributed by atoms with Crippen LogP contribution in [0.25, 0.3) is 0 Å². The van der Waals surface area contributed by atoms with Crippen LogP contribution in [0, 0.1) is 13.8 Å². The average molecular weight is 209 g/mol. The van der Waals surface area contributed by atoms with E-state index in [1.54, 1.807) is 0 Å². The van der Waals surface area contributed by atoms with Crippen LogP contribution >= 0.6 is 0 Å². The molecule has 1 aliphatic rings. The van der Waals surface area contributed by atoms with E-state index in [1.165, 1.54) is 12.8 Å². The van der Waals surface area contributed by atoms with Crippen molar-refractivity contribution in [3.05, 3.63) is 17.3 Å². The Bertz CT molecular complexity index is 296. The van der Waals surface area contributed by atoms with Gasteiger partial charge in [0.1, 0.15) is 5.76 Å². The Labute approximate surface area is 90.5 Å². The summed E-state index contributed by atoms with van der Waals surface area (Å²) in [5.41, 5.74) is 0.994. The Kier molecular flexibility index (Phi) is 3.38. The molecule has 0 aliphatic carbocycles. The molecule has 1 aromatic heterocycles. The number of nitrogens with one attached hydrogen (secondary N) is 2. The Hall–Kier alpha value is -0.870. The highest BCUT2D eigenvalue weighted by Gasteiger charge is 2.13. The summed E-state index contributed by atoms with van der Waals surface area (Å²) in [6, 6.07) is 0.561. The quantitative estimate of drug-likeness (QED) is 0.783. The van der Waals surface area contributed by atoms with Crippen LogP contribution in [-0.4, -0.2) is 24.1 Å². The molecule has 2 rings (SSSR count). The normalized spacial score (nSPS) is 21.9. The zero-order valence-electron chi connectivity index (χ0n) is 9.47. The lowest BCUT2D eigenvalue weighted by atomic mass is 10.1. The number of rotatable bonds is 3. The third-order valence-corrected chi connectivity index (χ3v) is 2.91. The van der Waals surface area contributed by atoms with Crippen molar-refractivity contribution in [1.82, 2.24) is 15.6 Å². The molecule has 0 aromatic carbocycles. The molecule has 2 heterocycles. The van der Waals surface area contributed by atoms with Crippen LogP contribution in [-0.2, 0) is 6.54 Å². The third-order valence-electron chi connectivity index (χ3n) is 2.91. The minimum atomic E-state index is 0.561. The second-order valence-electron chi connectivity index (χ2n) is 4.17. The van der Waals surface area contributed by atoms with Gasteiger partial charge in [-0.15, -0.1) is 0 Å². The molecule has 2 N–H and O–H groups in total. The predicted octanol–water partition coefficient (Wildman–Crippen LogP) is 1.13. The summed E-state index contributed by atoms with van der Waals surface area (Å²) in [6.07, 6.45) is 2.49. The van der Waals surface area contributed by atoms with Gasteiger partial charge in [-0.25, -0.2) is 4.98 Å². The van der Waals surface area contributed by atoms with Crippen molar-refractivity contribution >= 4 is 0 Å². The maximum Gasteiger partial charge on any atom is 0.208 e. The van der Waals surface area contributed by atoms with Crippen LogP contribution in [0.15, 0.2) is 4.42 Å². The highest BCUT2D eigenvalue weighted by molar-refractivity contribution is 5.05. The summed E-state index contributed by atoms with van der Waals surface area (Å²) in [5, 5.41) is 6.83. The summed E-state index contributed by atoms with van der Waals surface area (Å²) in [7, 11) is 0. The molecule has 1 unspecified atom stereocenters. The van der Waals surface area contributed by atoms with E-state index in [4.69, 9.17) is 4.42 Å². The van der Waals surface area contributed by atoms with E-state index in [0.717, 1.165) is 37.0 Å². The van der Waals surface area contributed by atoms with E-state index < -0.39 is 0 Å². The van der Waals surface area contributed by atoms with Crippen LogP contribution in [0.1, 0.15) is 30.2 Å². The molecular formula is C11H19N3O. The molecule has 4 heteroatoms. The lowest BCUT2D eigenvalue weighted by Gasteiger charge is -2.23. The van der Waals surface area contributed by atoms with E-state index in [0.29, 0.717) is 6.04 Å². The van der Waals surface area contributed by atoms with Gasteiger partial charge in [0, 0.05) is 12.6 Å². The van der Waals surface area contributed by atoms with E-state index in [2.05, 4.69) is 15.6 Å². The standard InChI is InChI=1S/C11H19N3O/c1-8-9(2)15-11(14-8)7-13-10-4-3-5-12-6-10/h10,12-13H,3-7H2,1-2H3. The molecule has 0 radical (unpaired) electrons. The summed E-state index contributed by atoms with van der Waals surface area (Å²) in [5.74, 6) is 1.73. The summed E-state index contributed by atoms with van der Waals surface area (Å²) >= 11 is 0. The van der Waals surface area contributed by atoms with Crippen LogP contribution in [0.4, 0.5) is 0 Å². The van der Waals surface area contributed by atoms with Crippen molar-refractivity contribution in [3.63, 3.8) is 0 Å². The van der Waals surface area contributed by atoms with Gasteiger partial charge in [0.05, 0.1) is 12.2 Å². The first-order valence-electron chi connectivity index (χ1n) is 5.62. The monoisotopic (exact) mass is 209 g/mol. The molecule has 1 aromatic rings. The van der Waals surface area contributed by atoms with Gasteiger partial charge in [-0.05, 0) is 33.2 Å². The van der Waals surface area contributed by atoms with Crippen molar-refractivity contribution in [2.75, 3.05) is 13.1 Å². The molecule has 84 valence electrons. The SMILES string of the molecule is Cc1nc(CNC2CCCNC2)oc1C. The predicted molar refractivity (Wildman–Crippen MR) is 58.7 cm³/mol. The van der Waals surface area contributed by atoms with Crippen LogP contribution in [0.3, 0.4) is 0 Å². The third kappa shape index (κ3) is 2.79. The molecule has 0 bridgehead atoms. The lowest BCUT2D eigenvalue weighted by Crippen LogP contribution is -2.42. The van der Waals surface area contributed by atoms with Crippen molar-refractivity contribution in [1.29, 1.82) is 0 Å². The van der Waals surface area contributed by atoms with Gasteiger partial charge in [-0.3, -0.25) is 0 Å². The van der Waals surface area contributed by atoms with Crippen molar-refractivity contribution in [3.8, 4) is 0 Å². The molecule has 0 amide bonds. The lowest BCUT2D eigenvalue weighted by molar-refractivity contribution is 0.363. The molecule has 1 saturated heterocycles. The number of oxazole rings is 1. The Morgan fingerprint density at radius 3 is 3.00 bits per heavy atom. The van der Waals surface area contributed by atoms with Gasteiger partial charge in [-0.2, -0.15) is 0 Å². The van der Waals surface area contributed by atoms with Crippen LogP contribution in [0.5, 0.6) is 0 Å². The summed E-state index contributed by atoms with van der Waals surface area (Å²) in [6.45, 7) is 6.87. The van der Waals surface area contributed by atoms with Crippen molar-refractivity contribution in [2.24, 2.45) is 0 Å². The van der Waals surface area contributed by atoms with Crippen molar-refractivity contribution < 1.29 is 4.42 Å². The van der Waals surface area contributed by atoms with Gasteiger partial charge in [0.25, 0.3) is 0 Å². The average Bonchev–Trinajstić information content (AvgIpc) is 2.57. The second kappa shape index (κ2) is 4.77. The number of aromatic nitrogens is 1. The number of nitrogens with zero attached hydrogens (tertiary/aromatic N) is 1. The number of hydrogen-bond acceptors (Lipinski definition) is 4. The zero-order chi connectivity index (χ0) is 10.7. The largest absolute Gasteiger partial charge is 0.444 e. The van der Waals surface area contributed by atoms with Crippen LogP contribution < -0.4 is 10.6 Å². The summed E-state index contributed by atoms with van der Waals surface area (Å²) in [4.78, 5) is 4.35. The zero-order valence-corrected chi connectivity index (χ0v) is 9.47. The topological polar surface area (TPSA) is 50.1 Å².